The van der Waals surface area contributed by atoms with Gasteiger partial charge in [-0.3, -0.25) is 4.79 Å². The van der Waals surface area contributed by atoms with Gasteiger partial charge in [0.15, 0.2) is 11.5 Å². The molecule has 0 aromatic heterocycles. The van der Waals surface area contributed by atoms with Gasteiger partial charge in [-0.1, -0.05) is 19.1 Å². The molecule has 0 aliphatic rings. The predicted octanol–water partition coefficient (Wildman–Crippen LogP) is 4.02. The Morgan fingerprint density at radius 3 is 2.42 bits per heavy atom. The molecule has 5 heteroatoms. The van der Waals surface area contributed by atoms with E-state index in [-0.39, 0.29) is 5.91 Å². The molecule has 0 N–H and O–H groups in total. The summed E-state index contributed by atoms with van der Waals surface area (Å²) in [5.74, 6) is 1.12. The van der Waals surface area contributed by atoms with Crippen LogP contribution in [0.1, 0.15) is 41.8 Å². The van der Waals surface area contributed by atoms with Crippen LogP contribution in [0.4, 0.5) is 0 Å². The summed E-state index contributed by atoms with van der Waals surface area (Å²) < 4.78 is 10.9. The van der Waals surface area contributed by atoms with E-state index >= 15 is 0 Å². The molecule has 0 bridgehead atoms. The van der Waals surface area contributed by atoms with Gasteiger partial charge in [0.25, 0.3) is 5.91 Å². The van der Waals surface area contributed by atoms with Gasteiger partial charge in [-0.2, -0.15) is 5.26 Å². The van der Waals surface area contributed by atoms with Crippen LogP contribution in [-0.2, 0) is 6.54 Å². The van der Waals surface area contributed by atoms with Crippen LogP contribution in [0, 0.1) is 11.3 Å². The van der Waals surface area contributed by atoms with E-state index in [1.165, 1.54) is 0 Å². The summed E-state index contributed by atoms with van der Waals surface area (Å²) in [6.07, 6.45) is 0.857. The maximum atomic E-state index is 13.0. The first-order chi connectivity index (χ1) is 12.6. The Morgan fingerprint density at radius 1 is 1.12 bits per heavy atom. The van der Waals surface area contributed by atoms with Crippen LogP contribution in [0.2, 0.25) is 0 Å². The Hall–Kier alpha value is -3.00. The van der Waals surface area contributed by atoms with Crippen molar-refractivity contribution in [3.63, 3.8) is 0 Å². The van der Waals surface area contributed by atoms with Crippen LogP contribution in [-0.4, -0.2) is 31.1 Å². The van der Waals surface area contributed by atoms with Gasteiger partial charge in [-0.05, 0) is 49.2 Å². The van der Waals surface area contributed by atoms with Gasteiger partial charge in [-0.25, -0.2) is 0 Å². The van der Waals surface area contributed by atoms with Crippen LogP contribution in [0.5, 0.6) is 11.5 Å². The molecule has 0 heterocycles. The van der Waals surface area contributed by atoms with Gasteiger partial charge in [0.05, 0.1) is 25.3 Å². The van der Waals surface area contributed by atoms with Crippen LogP contribution in [0.25, 0.3) is 0 Å². The van der Waals surface area contributed by atoms with Crippen LogP contribution >= 0.6 is 0 Å². The summed E-state index contributed by atoms with van der Waals surface area (Å²) in [7, 11) is 1.56. The van der Waals surface area contributed by atoms with E-state index < -0.39 is 0 Å². The fraction of sp³-hybridized carbons (Fsp3) is 0.333. The quantitative estimate of drug-likeness (QED) is 0.720. The summed E-state index contributed by atoms with van der Waals surface area (Å²) in [5.41, 5.74) is 2.16. The Bertz CT molecular complexity index is 779. The number of hydrogen-bond donors (Lipinski definition) is 0. The SMILES string of the molecule is CCCN(Cc1ccc(C#N)cc1)C(=O)c1ccc(OCC)c(OC)c1. The molecule has 0 spiro atoms. The second-order valence-electron chi connectivity index (χ2n) is 5.83. The fourth-order valence-electron chi connectivity index (χ4n) is 2.69. The van der Waals surface area contributed by atoms with Gasteiger partial charge in [-0.15, -0.1) is 0 Å². The summed E-state index contributed by atoms with van der Waals surface area (Å²) in [6, 6.07) is 14.6. The highest BCUT2D eigenvalue weighted by molar-refractivity contribution is 5.95. The molecular formula is C21H24N2O3. The highest BCUT2D eigenvalue weighted by atomic mass is 16.5. The van der Waals surface area contributed by atoms with E-state index in [4.69, 9.17) is 14.7 Å². The highest BCUT2D eigenvalue weighted by Gasteiger charge is 2.18. The van der Waals surface area contributed by atoms with Crippen molar-refractivity contribution >= 4 is 5.91 Å². The largest absolute Gasteiger partial charge is 0.493 e. The van der Waals surface area contributed by atoms with Crippen molar-refractivity contribution in [2.24, 2.45) is 0 Å². The van der Waals surface area contributed by atoms with Gasteiger partial charge >= 0.3 is 0 Å². The Balaban J connectivity index is 2.22. The molecule has 5 nitrogen and oxygen atoms in total. The third-order valence-corrected chi connectivity index (χ3v) is 3.95. The van der Waals surface area contributed by atoms with Crippen LogP contribution in [0.15, 0.2) is 42.5 Å². The molecule has 0 unspecified atom stereocenters. The number of methoxy groups -OCH3 is 1. The molecule has 0 fully saturated rings. The first-order valence-corrected chi connectivity index (χ1v) is 8.72. The van der Waals surface area contributed by atoms with E-state index in [2.05, 4.69) is 6.07 Å². The van der Waals surface area contributed by atoms with Gasteiger partial charge in [0.1, 0.15) is 0 Å². The molecular weight excluding hydrogens is 328 g/mol. The average molecular weight is 352 g/mol. The lowest BCUT2D eigenvalue weighted by Gasteiger charge is -2.23. The van der Waals surface area contributed by atoms with Crippen molar-refractivity contribution < 1.29 is 14.3 Å². The van der Waals surface area contributed by atoms with Crippen molar-refractivity contribution in [1.29, 1.82) is 5.26 Å². The Labute approximate surface area is 154 Å². The number of hydrogen-bond acceptors (Lipinski definition) is 4. The lowest BCUT2D eigenvalue weighted by molar-refractivity contribution is 0.0742. The number of rotatable bonds is 8. The maximum Gasteiger partial charge on any atom is 0.254 e. The molecule has 26 heavy (non-hydrogen) atoms. The zero-order valence-electron chi connectivity index (χ0n) is 15.5. The van der Waals surface area contributed by atoms with Crippen LogP contribution in [0.3, 0.4) is 0 Å². The zero-order valence-corrected chi connectivity index (χ0v) is 15.5. The normalized spacial score (nSPS) is 10.1. The second-order valence-corrected chi connectivity index (χ2v) is 5.83. The molecule has 0 aliphatic carbocycles. The number of benzene rings is 2. The van der Waals surface area contributed by atoms with E-state index in [0.29, 0.717) is 42.3 Å². The van der Waals surface area contributed by atoms with Crippen molar-refractivity contribution in [3.05, 3.63) is 59.2 Å². The monoisotopic (exact) mass is 352 g/mol. The first-order valence-electron chi connectivity index (χ1n) is 8.72. The minimum atomic E-state index is -0.0578. The number of carbonyl (C=O) groups excluding carboxylic acids is 1. The third kappa shape index (κ3) is 4.76. The second kappa shape index (κ2) is 9.47. The lowest BCUT2D eigenvalue weighted by atomic mass is 10.1. The molecule has 2 rings (SSSR count). The molecule has 1 amide bonds. The van der Waals surface area contributed by atoms with E-state index in [1.807, 2.05) is 26.0 Å². The number of carbonyl (C=O) groups is 1. The standard InChI is InChI=1S/C21H24N2O3/c1-4-12-23(15-17-8-6-16(14-22)7-9-17)21(24)18-10-11-19(26-5-2)20(13-18)25-3/h6-11,13H,4-5,12,15H2,1-3H3. The van der Waals surface area contributed by atoms with Crippen molar-refractivity contribution in [3.8, 4) is 17.6 Å². The lowest BCUT2D eigenvalue weighted by Crippen LogP contribution is -2.31. The molecule has 0 saturated carbocycles. The minimum absolute atomic E-state index is 0.0578. The summed E-state index contributed by atoms with van der Waals surface area (Å²) in [5, 5.41) is 8.90. The van der Waals surface area contributed by atoms with Crippen LogP contribution < -0.4 is 9.47 Å². The molecule has 2 aromatic rings. The molecule has 0 saturated heterocycles. The molecule has 0 aliphatic heterocycles. The van der Waals surface area contributed by atoms with E-state index in [9.17, 15) is 4.79 Å². The molecule has 136 valence electrons. The number of amides is 1. The molecule has 0 atom stereocenters. The van der Waals surface area contributed by atoms with E-state index in [1.54, 1.807) is 42.3 Å². The number of ether oxygens (including phenoxy) is 2. The Morgan fingerprint density at radius 2 is 1.85 bits per heavy atom. The first kappa shape index (κ1) is 19.3. The van der Waals surface area contributed by atoms with Crippen molar-refractivity contribution in [2.45, 2.75) is 26.8 Å². The zero-order chi connectivity index (χ0) is 18.9. The van der Waals surface area contributed by atoms with Crippen molar-refractivity contribution in [1.82, 2.24) is 4.90 Å². The fourth-order valence-corrected chi connectivity index (χ4v) is 2.69. The van der Waals surface area contributed by atoms with E-state index in [0.717, 1.165) is 12.0 Å². The Kier molecular flexibility index (Phi) is 7.04. The topological polar surface area (TPSA) is 62.6 Å². The molecule has 0 radical (unpaired) electrons. The summed E-state index contributed by atoms with van der Waals surface area (Å²) in [6.45, 7) is 5.61. The van der Waals surface area contributed by atoms with Crippen molar-refractivity contribution in [2.75, 3.05) is 20.3 Å². The molecule has 2 aromatic carbocycles. The van der Waals surface area contributed by atoms with Gasteiger partial charge in [0.2, 0.25) is 0 Å². The average Bonchev–Trinajstić information content (AvgIpc) is 2.68. The minimum Gasteiger partial charge on any atom is -0.493 e. The maximum absolute atomic E-state index is 13.0. The number of nitriles is 1. The summed E-state index contributed by atoms with van der Waals surface area (Å²) >= 11 is 0. The third-order valence-electron chi connectivity index (χ3n) is 3.95. The summed E-state index contributed by atoms with van der Waals surface area (Å²) in [4.78, 5) is 14.8. The number of nitrogens with zero attached hydrogens (tertiary/aromatic N) is 2. The highest BCUT2D eigenvalue weighted by Crippen LogP contribution is 2.28. The smallest absolute Gasteiger partial charge is 0.254 e. The van der Waals surface area contributed by atoms with Gasteiger partial charge < -0.3 is 14.4 Å². The predicted molar refractivity (Wildman–Crippen MR) is 100 cm³/mol. The van der Waals surface area contributed by atoms with Gasteiger partial charge in [0, 0.05) is 18.7 Å².